The molecule has 0 saturated heterocycles. The van der Waals surface area contributed by atoms with E-state index < -0.39 is 0 Å². The molecule has 0 bridgehead atoms. The van der Waals surface area contributed by atoms with Crippen LogP contribution in [0.4, 0.5) is 0 Å². The topological polar surface area (TPSA) is 25.8 Å². The van der Waals surface area contributed by atoms with Crippen molar-refractivity contribution in [1.82, 2.24) is 9.97 Å². The summed E-state index contributed by atoms with van der Waals surface area (Å²) in [4.78, 5) is 9.19. The third kappa shape index (κ3) is 2.85. The third-order valence-corrected chi connectivity index (χ3v) is 4.42. The van der Waals surface area contributed by atoms with Gasteiger partial charge in [0.1, 0.15) is 5.82 Å². The van der Waals surface area contributed by atoms with Crippen molar-refractivity contribution in [3.8, 4) is 0 Å². The van der Waals surface area contributed by atoms with Crippen LogP contribution >= 0.6 is 0 Å². The summed E-state index contributed by atoms with van der Waals surface area (Å²) in [6.07, 6.45) is 7.29. The Kier molecular flexibility index (Phi) is 4.29. The SMILES string of the molecule is CCC(C)(C)c1cnc(C(C)(CC)CC)nc1. The Morgan fingerprint density at radius 1 is 0.882 bits per heavy atom. The number of hydrogen-bond donors (Lipinski definition) is 0. The molecular formula is C15H26N2. The van der Waals surface area contributed by atoms with Gasteiger partial charge < -0.3 is 0 Å². The molecule has 0 unspecified atom stereocenters. The van der Waals surface area contributed by atoms with Gasteiger partial charge in [-0.2, -0.15) is 0 Å². The number of rotatable bonds is 5. The number of nitrogens with zero attached hydrogens (tertiary/aromatic N) is 2. The zero-order valence-electron chi connectivity index (χ0n) is 12.2. The van der Waals surface area contributed by atoms with Crippen molar-refractivity contribution in [3.63, 3.8) is 0 Å². The fourth-order valence-corrected chi connectivity index (χ4v) is 1.76. The molecule has 0 aliphatic heterocycles. The first-order valence-electron chi connectivity index (χ1n) is 6.72. The first-order chi connectivity index (χ1) is 7.89. The Balaban J connectivity index is 3.03. The maximum absolute atomic E-state index is 4.60. The van der Waals surface area contributed by atoms with Crippen LogP contribution in [0.25, 0.3) is 0 Å². The van der Waals surface area contributed by atoms with Crippen molar-refractivity contribution >= 4 is 0 Å². The first kappa shape index (κ1) is 14.1. The summed E-state index contributed by atoms with van der Waals surface area (Å²) >= 11 is 0. The van der Waals surface area contributed by atoms with E-state index in [0.717, 1.165) is 25.1 Å². The van der Waals surface area contributed by atoms with Gasteiger partial charge >= 0.3 is 0 Å². The minimum Gasteiger partial charge on any atom is -0.240 e. The highest BCUT2D eigenvalue weighted by atomic mass is 14.9. The summed E-state index contributed by atoms with van der Waals surface area (Å²) < 4.78 is 0. The fourth-order valence-electron chi connectivity index (χ4n) is 1.76. The molecule has 96 valence electrons. The molecule has 0 atom stereocenters. The van der Waals surface area contributed by atoms with Crippen LogP contribution in [-0.4, -0.2) is 9.97 Å². The van der Waals surface area contributed by atoms with Gasteiger partial charge in [0, 0.05) is 17.8 Å². The summed E-state index contributed by atoms with van der Waals surface area (Å²) in [5.41, 5.74) is 1.53. The molecule has 1 rings (SSSR count). The molecule has 0 fully saturated rings. The maximum atomic E-state index is 4.60. The van der Waals surface area contributed by atoms with E-state index in [9.17, 15) is 0 Å². The van der Waals surface area contributed by atoms with Gasteiger partial charge in [0.05, 0.1) is 0 Å². The van der Waals surface area contributed by atoms with Crippen molar-refractivity contribution in [3.05, 3.63) is 23.8 Å². The van der Waals surface area contributed by atoms with E-state index in [2.05, 4.69) is 51.5 Å². The van der Waals surface area contributed by atoms with Gasteiger partial charge in [-0.15, -0.1) is 0 Å². The maximum Gasteiger partial charge on any atom is 0.134 e. The van der Waals surface area contributed by atoms with Crippen molar-refractivity contribution in [2.75, 3.05) is 0 Å². The van der Waals surface area contributed by atoms with E-state index in [-0.39, 0.29) is 10.8 Å². The predicted octanol–water partition coefficient (Wildman–Crippen LogP) is 4.24. The van der Waals surface area contributed by atoms with Crippen LogP contribution in [-0.2, 0) is 10.8 Å². The number of aromatic nitrogens is 2. The molecule has 0 N–H and O–H groups in total. The highest BCUT2D eigenvalue weighted by Crippen LogP contribution is 2.30. The molecule has 1 aromatic rings. The fraction of sp³-hybridized carbons (Fsp3) is 0.733. The van der Waals surface area contributed by atoms with Crippen LogP contribution in [0.1, 0.15) is 72.2 Å². The molecule has 0 spiro atoms. The largest absolute Gasteiger partial charge is 0.240 e. The van der Waals surface area contributed by atoms with Gasteiger partial charge in [-0.3, -0.25) is 0 Å². The van der Waals surface area contributed by atoms with Gasteiger partial charge in [-0.1, -0.05) is 41.5 Å². The van der Waals surface area contributed by atoms with Gasteiger partial charge in [-0.25, -0.2) is 9.97 Å². The molecule has 1 heterocycles. The first-order valence-corrected chi connectivity index (χ1v) is 6.72. The van der Waals surface area contributed by atoms with Crippen LogP contribution in [0.5, 0.6) is 0 Å². The average molecular weight is 234 g/mol. The Bertz CT molecular complexity index is 348. The van der Waals surface area contributed by atoms with Crippen molar-refractivity contribution < 1.29 is 0 Å². The lowest BCUT2D eigenvalue weighted by Gasteiger charge is -2.27. The molecule has 0 amide bonds. The molecule has 2 nitrogen and oxygen atoms in total. The summed E-state index contributed by atoms with van der Waals surface area (Å²) in [6, 6.07) is 0. The lowest BCUT2D eigenvalue weighted by molar-refractivity contribution is 0.408. The molecular weight excluding hydrogens is 208 g/mol. The Labute approximate surface area is 106 Å². The third-order valence-electron chi connectivity index (χ3n) is 4.42. The predicted molar refractivity (Wildman–Crippen MR) is 73.3 cm³/mol. The van der Waals surface area contributed by atoms with E-state index in [0.29, 0.717) is 0 Å². The second kappa shape index (κ2) is 5.16. The van der Waals surface area contributed by atoms with Crippen molar-refractivity contribution in [2.45, 2.75) is 71.6 Å². The van der Waals surface area contributed by atoms with Crippen molar-refractivity contribution in [1.29, 1.82) is 0 Å². The van der Waals surface area contributed by atoms with Crippen LogP contribution in [0, 0.1) is 0 Å². The zero-order valence-corrected chi connectivity index (χ0v) is 12.2. The quantitative estimate of drug-likeness (QED) is 0.761. The average Bonchev–Trinajstić information content (AvgIpc) is 2.38. The van der Waals surface area contributed by atoms with E-state index in [4.69, 9.17) is 0 Å². The molecule has 0 radical (unpaired) electrons. The minimum absolute atomic E-state index is 0.120. The summed E-state index contributed by atoms with van der Waals surface area (Å²) in [6.45, 7) is 13.3. The van der Waals surface area contributed by atoms with Gasteiger partial charge in [0.15, 0.2) is 0 Å². The van der Waals surface area contributed by atoms with Gasteiger partial charge in [0.25, 0.3) is 0 Å². The Morgan fingerprint density at radius 3 is 1.71 bits per heavy atom. The van der Waals surface area contributed by atoms with Gasteiger partial charge in [-0.05, 0) is 30.2 Å². The molecule has 0 saturated carbocycles. The van der Waals surface area contributed by atoms with Crippen LogP contribution < -0.4 is 0 Å². The van der Waals surface area contributed by atoms with E-state index >= 15 is 0 Å². The standard InChI is InChI=1S/C15H26N2/c1-7-14(4,5)12-10-16-13(17-11-12)15(6,8-2)9-3/h10-11H,7-9H2,1-6H3. The van der Waals surface area contributed by atoms with Crippen LogP contribution in [0.2, 0.25) is 0 Å². The normalized spacial score (nSPS) is 12.8. The van der Waals surface area contributed by atoms with E-state index in [1.54, 1.807) is 0 Å². The van der Waals surface area contributed by atoms with Crippen LogP contribution in [0.3, 0.4) is 0 Å². The molecule has 1 aromatic heterocycles. The van der Waals surface area contributed by atoms with Gasteiger partial charge in [0.2, 0.25) is 0 Å². The summed E-state index contributed by atoms with van der Waals surface area (Å²) in [5, 5.41) is 0. The summed E-state index contributed by atoms with van der Waals surface area (Å²) in [7, 11) is 0. The molecule has 0 aliphatic rings. The monoisotopic (exact) mass is 234 g/mol. The lowest BCUT2D eigenvalue weighted by Crippen LogP contribution is -2.24. The second-order valence-electron chi connectivity index (χ2n) is 5.80. The van der Waals surface area contributed by atoms with E-state index in [1.807, 2.05) is 12.4 Å². The van der Waals surface area contributed by atoms with Crippen LogP contribution in [0.15, 0.2) is 12.4 Å². The van der Waals surface area contributed by atoms with E-state index in [1.165, 1.54) is 5.56 Å². The smallest absolute Gasteiger partial charge is 0.134 e. The molecule has 17 heavy (non-hydrogen) atoms. The Morgan fingerprint density at radius 2 is 1.35 bits per heavy atom. The summed E-state index contributed by atoms with van der Waals surface area (Å²) in [5.74, 6) is 0.984. The molecule has 0 aromatic carbocycles. The second-order valence-corrected chi connectivity index (χ2v) is 5.80. The zero-order chi connectivity index (χ0) is 13.1. The highest BCUT2D eigenvalue weighted by Gasteiger charge is 2.26. The number of hydrogen-bond acceptors (Lipinski definition) is 2. The Hall–Kier alpha value is -0.920. The minimum atomic E-state index is 0.120. The molecule has 0 aliphatic carbocycles. The molecule has 2 heteroatoms. The lowest BCUT2D eigenvalue weighted by atomic mass is 9.82. The van der Waals surface area contributed by atoms with Crippen molar-refractivity contribution in [2.24, 2.45) is 0 Å². The highest BCUT2D eigenvalue weighted by molar-refractivity contribution is 5.18.